The summed E-state index contributed by atoms with van der Waals surface area (Å²) in [4.78, 5) is 14.6. The van der Waals surface area contributed by atoms with Crippen LogP contribution in [0.1, 0.15) is 18.1 Å². The van der Waals surface area contributed by atoms with Crippen LogP contribution in [0, 0.1) is 13.8 Å². The summed E-state index contributed by atoms with van der Waals surface area (Å²) in [5.41, 5.74) is 8.22. The molecule has 6 rings (SSSR count). The van der Waals surface area contributed by atoms with Crippen LogP contribution >= 0.6 is 0 Å². The number of piperazine rings is 1. The largest absolute Gasteiger partial charge is 0.365 e. The van der Waals surface area contributed by atoms with Crippen molar-refractivity contribution in [2.75, 3.05) is 29.4 Å². The summed E-state index contributed by atoms with van der Waals surface area (Å²) >= 11 is 0. The maximum Gasteiger partial charge on any atom is 0.150 e. The average molecular weight is 474 g/mol. The number of benzene rings is 3. The van der Waals surface area contributed by atoms with Crippen LogP contribution in [-0.4, -0.2) is 40.2 Å². The zero-order valence-electron chi connectivity index (χ0n) is 21.1. The third-order valence-corrected chi connectivity index (χ3v) is 7.19. The Balaban J connectivity index is 1.45. The maximum absolute atomic E-state index is 4.87. The lowest BCUT2D eigenvalue weighted by Gasteiger charge is -2.42. The summed E-state index contributed by atoms with van der Waals surface area (Å²) in [6.45, 7) is 9.37. The highest BCUT2D eigenvalue weighted by atomic mass is 15.3. The second-order valence-electron chi connectivity index (χ2n) is 9.84. The number of anilines is 2. The molecule has 1 aliphatic rings. The van der Waals surface area contributed by atoms with Gasteiger partial charge in [0.05, 0.1) is 5.39 Å². The molecule has 3 aromatic carbocycles. The first-order valence-electron chi connectivity index (χ1n) is 12.7. The monoisotopic (exact) mass is 473 g/mol. The third-order valence-electron chi connectivity index (χ3n) is 7.19. The lowest BCUT2D eigenvalue weighted by atomic mass is 10.1. The summed E-state index contributed by atoms with van der Waals surface area (Å²) in [5.74, 6) is 1.01. The van der Waals surface area contributed by atoms with Crippen LogP contribution in [0.5, 0.6) is 0 Å². The van der Waals surface area contributed by atoms with Gasteiger partial charge in [-0.25, -0.2) is 9.97 Å². The van der Waals surface area contributed by atoms with E-state index in [9.17, 15) is 0 Å². The second-order valence-corrected chi connectivity index (χ2v) is 9.84. The van der Waals surface area contributed by atoms with Gasteiger partial charge in [0.2, 0.25) is 0 Å². The molecule has 5 aromatic rings. The molecule has 0 spiro atoms. The summed E-state index contributed by atoms with van der Waals surface area (Å²) < 4.78 is 2.21. The van der Waals surface area contributed by atoms with Crippen molar-refractivity contribution in [3.63, 3.8) is 0 Å². The summed E-state index contributed by atoms with van der Waals surface area (Å²) in [5, 5.41) is 1.11. The minimum Gasteiger partial charge on any atom is -0.365 e. The average Bonchev–Trinajstić information content (AvgIpc) is 3.29. The highest BCUT2D eigenvalue weighted by Gasteiger charge is 2.28. The highest BCUT2D eigenvalue weighted by Crippen LogP contribution is 2.37. The Bertz CT molecular complexity index is 1520. The molecule has 1 aliphatic heterocycles. The Morgan fingerprint density at radius 3 is 2.22 bits per heavy atom. The summed E-state index contributed by atoms with van der Waals surface area (Å²) in [7, 11) is 0. The van der Waals surface area contributed by atoms with Crippen molar-refractivity contribution in [3.8, 4) is 16.8 Å². The van der Waals surface area contributed by atoms with Gasteiger partial charge < -0.3 is 14.4 Å². The molecule has 5 nitrogen and oxygen atoms in total. The lowest BCUT2D eigenvalue weighted by Crippen LogP contribution is -2.52. The van der Waals surface area contributed by atoms with Crippen molar-refractivity contribution in [1.29, 1.82) is 0 Å². The van der Waals surface area contributed by atoms with Crippen LogP contribution in [0.3, 0.4) is 0 Å². The molecule has 1 atom stereocenters. The van der Waals surface area contributed by atoms with E-state index in [2.05, 4.69) is 120 Å². The van der Waals surface area contributed by atoms with Crippen LogP contribution in [0.4, 0.5) is 11.5 Å². The first-order chi connectivity index (χ1) is 17.6. The number of rotatable bonds is 4. The molecule has 36 heavy (non-hydrogen) atoms. The predicted octanol–water partition coefficient (Wildman–Crippen LogP) is 6.42. The SMILES string of the molecule is Cc1cccc(N2CCN(c3ncnc4c3c(-c3ccccc3)cn4-c3cccc(C)c3)CC2C)c1. The molecule has 0 aliphatic carbocycles. The van der Waals surface area contributed by atoms with Crippen LogP contribution in [0.15, 0.2) is 91.4 Å². The number of fused-ring (bicyclic) bond motifs is 1. The predicted molar refractivity (Wildman–Crippen MR) is 149 cm³/mol. The molecule has 0 N–H and O–H groups in total. The Morgan fingerprint density at radius 2 is 1.50 bits per heavy atom. The fourth-order valence-corrected chi connectivity index (χ4v) is 5.44. The number of nitrogens with zero attached hydrogens (tertiary/aromatic N) is 5. The quantitative estimate of drug-likeness (QED) is 0.302. The fraction of sp³-hybridized carbons (Fsp3) is 0.226. The second kappa shape index (κ2) is 9.15. The van der Waals surface area contributed by atoms with E-state index < -0.39 is 0 Å². The maximum atomic E-state index is 4.87. The van der Waals surface area contributed by atoms with E-state index in [1.807, 2.05) is 0 Å². The molecule has 5 heteroatoms. The van der Waals surface area contributed by atoms with Crippen LogP contribution in [-0.2, 0) is 0 Å². The third kappa shape index (κ3) is 4.01. The number of hydrogen-bond acceptors (Lipinski definition) is 4. The zero-order chi connectivity index (χ0) is 24.6. The van der Waals surface area contributed by atoms with Crippen LogP contribution in [0.2, 0.25) is 0 Å². The number of hydrogen-bond donors (Lipinski definition) is 0. The molecule has 1 unspecified atom stereocenters. The van der Waals surface area contributed by atoms with E-state index in [1.54, 1.807) is 6.33 Å². The van der Waals surface area contributed by atoms with Crippen molar-refractivity contribution >= 4 is 22.5 Å². The summed E-state index contributed by atoms with van der Waals surface area (Å²) in [6.07, 6.45) is 3.94. The Kier molecular flexibility index (Phi) is 5.68. The van der Waals surface area contributed by atoms with Gasteiger partial charge in [0, 0.05) is 48.8 Å². The zero-order valence-corrected chi connectivity index (χ0v) is 21.1. The van der Waals surface area contributed by atoms with Gasteiger partial charge in [-0.1, -0.05) is 54.6 Å². The molecule has 0 radical (unpaired) electrons. The molecule has 0 amide bonds. The summed E-state index contributed by atoms with van der Waals surface area (Å²) in [6, 6.07) is 28.4. The van der Waals surface area contributed by atoms with Gasteiger partial charge in [0.15, 0.2) is 5.65 Å². The molecule has 0 bridgehead atoms. The van der Waals surface area contributed by atoms with Gasteiger partial charge in [0.25, 0.3) is 0 Å². The molecule has 1 fully saturated rings. The van der Waals surface area contributed by atoms with Crippen LogP contribution in [0.25, 0.3) is 27.8 Å². The molecule has 3 heterocycles. The number of aryl methyl sites for hydroxylation is 2. The van der Waals surface area contributed by atoms with Gasteiger partial charge in [-0.15, -0.1) is 0 Å². The standard InChI is InChI=1S/C31H31N5/c1-22-9-7-13-26(17-22)35-16-15-34(19-24(35)3)30-29-28(25-11-5-4-6-12-25)20-36(31(29)33-21-32-30)27-14-8-10-23(2)18-27/h4-14,17-18,20-21,24H,15-16,19H2,1-3H3. The van der Waals surface area contributed by atoms with Crippen molar-refractivity contribution in [2.45, 2.75) is 26.8 Å². The van der Waals surface area contributed by atoms with E-state index in [4.69, 9.17) is 9.97 Å². The van der Waals surface area contributed by atoms with Crippen molar-refractivity contribution < 1.29 is 0 Å². The lowest BCUT2D eigenvalue weighted by molar-refractivity contribution is 0.548. The molecular formula is C31H31N5. The molecule has 2 aromatic heterocycles. The van der Waals surface area contributed by atoms with E-state index in [1.165, 1.54) is 22.4 Å². The van der Waals surface area contributed by atoms with Crippen LogP contribution < -0.4 is 9.80 Å². The fourth-order valence-electron chi connectivity index (χ4n) is 5.44. The Hall–Kier alpha value is -4.12. The first kappa shape index (κ1) is 22.4. The Morgan fingerprint density at radius 1 is 0.778 bits per heavy atom. The minimum atomic E-state index is 0.365. The highest BCUT2D eigenvalue weighted by molar-refractivity contribution is 6.02. The van der Waals surface area contributed by atoms with Gasteiger partial charge in [-0.05, 0) is 61.7 Å². The van der Waals surface area contributed by atoms with Gasteiger partial charge >= 0.3 is 0 Å². The van der Waals surface area contributed by atoms with E-state index in [0.717, 1.165) is 47.7 Å². The molecule has 1 saturated heterocycles. The van der Waals surface area contributed by atoms with E-state index in [0.29, 0.717) is 6.04 Å². The van der Waals surface area contributed by atoms with Gasteiger partial charge in [0.1, 0.15) is 12.1 Å². The number of aromatic nitrogens is 3. The van der Waals surface area contributed by atoms with Gasteiger partial charge in [-0.2, -0.15) is 0 Å². The van der Waals surface area contributed by atoms with Crippen molar-refractivity contribution in [1.82, 2.24) is 14.5 Å². The first-order valence-corrected chi connectivity index (χ1v) is 12.7. The van der Waals surface area contributed by atoms with Crippen molar-refractivity contribution in [2.24, 2.45) is 0 Å². The molecule has 0 saturated carbocycles. The van der Waals surface area contributed by atoms with Crippen molar-refractivity contribution in [3.05, 3.63) is 103 Å². The molecular weight excluding hydrogens is 442 g/mol. The normalized spacial score (nSPS) is 16.0. The van der Waals surface area contributed by atoms with Gasteiger partial charge in [-0.3, -0.25) is 0 Å². The van der Waals surface area contributed by atoms with E-state index >= 15 is 0 Å². The topological polar surface area (TPSA) is 37.2 Å². The Labute approximate surface area is 212 Å². The molecule has 180 valence electrons. The minimum absolute atomic E-state index is 0.365. The smallest absolute Gasteiger partial charge is 0.150 e. The van der Waals surface area contributed by atoms with E-state index in [-0.39, 0.29) is 0 Å².